The van der Waals surface area contributed by atoms with E-state index in [1.807, 2.05) is 12.1 Å². The van der Waals surface area contributed by atoms with E-state index in [4.69, 9.17) is 18.9 Å². The molecule has 0 aliphatic rings. The van der Waals surface area contributed by atoms with Gasteiger partial charge in [0.25, 0.3) is 0 Å². The predicted molar refractivity (Wildman–Crippen MR) is 106 cm³/mol. The van der Waals surface area contributed by atoms with Crippen molar-refractivity contribution in [1.82, 2.24) is 0 Å². The average Bonchev–Trinajstić information content (AvgIpc) is 2.69. The van der Waals surface area contributed by atoms with E-state index in [0.29, 0.717) is 35.3 Å². The number of hydrogen-bond donors (Lipinski definition) is 0. The highest BCUT2D eigenvalue weighted by Crippen LogP contribution is 2.38. The second kappa shape index (κ2) is 9.67. The van der Waals surface area contributed by atoms with E-state index in [0.717, 1.165) is 11.3 Å². The number of hydrogen-bond acceptors (Lipinski definition) is 5. The fourth-order valence-electron chi connectivity index (χ4n) is 2.44. The number of rotatable bonds is 9. The molecule has 0 amide bonds. The maximum atomic E-state index is 12.4. The van der Waals surface area contributed by atoms with Crippen LogP contribution in [0.15, 0.2) is 42.5 Å². The Morgan fingerprint density at radius 3 is 2.04 bits per heavy atom. The van der Waals surface area contributed by atoms with Gasteiger partial charge in [-0.1, -0.05) is 19.9 Å². The lowest BCUT2D eigenvalue weighted by Gasteiger charge is -2.12. The first kappa shape index (κ1) is 20.4. The Morgan fingerprint density at radius 1 is 0.963 bits per heavy atom. The summed E-state index contributed by atoms with van der Waals surface area (Å²) < 4.78 is 21.6. The average molecular weight is 370 g/mol. The smallest absolute Gasteiger partial charge is 0.203 e. The first-order chi connectivity index (χ1) is 13.0. The van der Waals surface area contributed by atoms with Gasteiger partial charge in [-0.15, -0.1) is 0 Å². The SMILES string of the molecule is COc1cc(/C=C/C(=O)c2ccc(OCC(C)C)cc2)cc(OC)c1OC. The number of ketones is 1. The van der Waals surface area contributed by atoms with Crippen molar-refractivity contribution >= 4 is 11.9 Å². The van der Waals surface area contributed by atoms with E-state index < -0.39 is 0 Å². The summed E-state index contributed by atoms with van der Waals surface area (Å²) in [7, 11) is 4.66. The number of allylic oxidation sites excluding steroid dienone is 1. The minimum absolute atomic E-state index is 0.0980. The van der Waals surface area contributed by atoms with E-state index in [1.54, 1.807) is 51.7 Å². The van der Waals surface area contributed by atoms with Gasteiger partial charge >= 0.3 is 0 Å². The molecule has 0 N–H and O–H groups in total. The van der Waals surface area contributed by atoms with E-state index >= 15 is 0 Å². The van der Waals surface area contributed by atoms with Crippen molar-refractivity contribution in [2.75, 3.05) is 27.9 Å². The van der Waals surface area contributed by atoms with Crippen molar-refractivity contribution in [3.63, 3.8) is 0 Å². The van der Waals surface area contributed by atoms with E-state index in [2.05, 4.69) is 13.8 Å². The van der Waals surface area contributed by atoms with Crippen LogP contribution in [-0.4, -0.2) is 33.7 Å². The lowest BCUT2D eigenvalue weighted by atomic mass is 10.1. The summed E-state index contributed by atoms with van der Waals surface area (Å²) in [6, 6.07) is 10.7. The fourth-order valence-corrected chi connectivity index (χ4v) is 2.44. The van der Waals surface area contributed by atoms with Gasteiger partial charge in [0.1, 0.15) is 5.75 Å². The molecule has 0 saturated carbocycles. The Kier molecular flexibility index (Phi) is 7.29. The number of methoxy groups -OCH3 is 3. The molecule has 5 heteroatoms. The third-order valence-electron chi connectivity index (χ3n) is 3.84. The predicted octanol–water partition coefficient (Wildman–Crippen LogP) is 4.64. The molecule has 2 aromatic carbocycles. The zero-order valence-corrected chi connectivity index (χ0v) is 16.4. The molecule has 2 aromatic rings. The highest BCUT2D eigenvalue weighted by molar-refractivity contribution is 6.06. The quantitative estimate of drug-likeness (QED) is 0.475. The Bertz CT molecular complexity index is 766. The van der Waals surface area contributed by atoms with Crippen LogP contribution in [0, 0.1) is 5.92 Å². The van der Waals surface area contributed by atoms with Crippen molar-refractivity contribution in [2.24, 2.45) is 5.92 Å². The zero-order valence-electron chi connectivity index (χ0n) is 16.4. The lowest BCUT2D eigenvalue weighted by Crippen LogP contribution is -2.04. The Labute approximate surface area is 160 Å². The van der Waals surface area contributed by atoms with Gasteiger partial charge in [0.15, 0.2) is 17.3 Å². The highest BCUT2D eigenvalue weighted by Gasteiger charge is 2.12. The van der Waals surface area contributed by atoms with Gasteiger partial charge in [0.05, 0.1) is 27.9 Å². The molecule has 5 nitrogen and oxygen atoms in total. The van der Waals surface area contributed by atoms with E-state index in [1.165, 1.54) is 6.08 Å². The Hall–Kier alpha value is -2.95. The van der Waals surface area contributed by atoms with Crippen LogP contribution in [-0.2, 0) is 0 Å². The van der Waals surface area contributed by atoms with Crippen molar-refractivity contribution in [1.29, 1.82) is 0 Å². The molecule has 0 fully saturated rings. The molecule has 0 unspecified atom stereocenters. The summed E-state index contributed by atoms with van der Waals surface area (Å²) in [5.41, 5.74) is 1.37. The molecule has 0 atom stereocenters. The number of carbonyl (C=O) groups excluding carboxylic acids is 1. The molecule has 0 spiro atoms. The molecule has 144 valence electrons. The Morgan fingerprint density at radius 2 is 1.56 bits per heavy atom. The topological polar surface area (TPSA) is 54.0 Å². The summed E-state index contributed by atoms with van der Waals surface area (Å²) >= 11 is 0. The first-order valence-electron chi connectivity index (χ1n) is 8.73. The molecule has 0 heterocycles. The molecule has 27 heavy (non-hydrogen) atoms. The van der Waals surface area contributed by atoms with Crippen LogP contribution < -0.4 is 18.9 Å². The number of benzene rings is 2. The third-order valence-corrected chi connectivity index (χ3v) is 3.84. The second-order valence-electron chi connectivity index (χ2n) is 6.39. The molecule has 0 aliphatic carbocycles. The first-order valence-corrected chi connectivity index (χ1v) is 8.73. The van der Waals surface area contributed by atoms with Crippen LogP contribution in [0.1, 0.15) is 29.8 Å². The molecule has 0 bridgehead atoms. The molecule has 2 rings (SSSR count). The normalized spacial score (nSPS) is 10.9. The minimum atomic E-state index is -0.0980. The van der Waals surface area contributed by atoms with Crippen molar-refractivity contribution in [3.8, 4) is 23.0 Å². The Balaban J connectivity index is 2.14. The van der Waals surface area contributed by atoms with Gasteiger partial charge in [0.2, 0.25) is 5.75 Å². The molecule has 0 saturated heterocycles. The van der Waals surface area contributed by atoms with E-state index in [-0.39, 0.29) is 5.78 Å². The lowest BCUT2D eigenvalue weighted by molar-refractivity contribution is 0.104. The highest BCUT2D eigenvalue weighted by atomic mass is 16.5. The zero-order chi connectivity index (χ0) is 19.8. The molecular formula is C22H26O5. The summed E-state index contributed by atoms with van der Waals surface area (Å²) in [5, 5.41) is 0. The van der Waals surface area contributed by atoms with Gasteiger partial charge in [-0.3, -0.25) is 4.79 Å². The third kappa shape index (κ3) is 5.51. The van der Waals surface area contributed by atoms with Crippen LogP contribution in [0.4, 0.5) is 0 Å². The van der Waals surface area contributed by atoms with Crippen LogP contribution in [0.2, 0.25) is 0 Å². The summed E-state index contributed by atoms with van der Waals surface area (Å²) in [5.74, 6) is 2.70. The number of carbonyl (C=O) groups is 1. The van der Waals surface area contributed by atoms with Gasteiger partial charge in [-0.05, 0) is 54.0 Å². The standard InChI is InChI=1S/C22H26O5/c1-15(2)14-27-18-9-7-17(8-10-18)19(23)11-6-16-12-20(24-3)22(26-5)21(13-16)25-4/h6-13,15H,14H2,1-5H3/b11-6+. The van der Waals surface area contributed by atoms with Crippen molar-refractivity contribution in [2.45, 2.75) is 13.8 Å². The monoisotopic (exact) mass is 370 g/mol. The van der Waals surface area contributed by atoms with Crippen molar-refractivity contribution < 1.29 is 23.7 Å². The van der Waals surface area contributed by atoms with Crippen LogP contribution in [0.3, 0.4) is 0 Å². The largest absolute Gasteiger partial charge is 0.493 e. The molecular weight excluding hydrogens is 344 g/mol. The van der Waals surface area contributed by atoms with E-state index in [9.17, 15) is 4.79 Å². The minimum Gasteiger partial charge on any atom is -0.493 e. The molecule has 0 aliphatic heterocycles. The summed E-state index contributed by atoms with van der Waals surface area (Å²) in [6.07, 6.45) is 3.24. The number of ether oxygens (including phenoxy) is 4. The maximum Gasteiger partial charge on any atom is 0.203 e. The van der Waals surface area contributed by atoms with Gasteiger partial charge < -0.3 is 18.9 Å². The van der Waals surface area contributed by atoms with Gasteiger partial charge in [0, 0.05) is 5.56 Å². The second-order valence-corrected chi connectivity index (χ2v) is 6.39. The maximum absolute atomic E-state index is 12.4. The fraction of sp³-hybridized carbons (Fsp3) is 0.318. The molecule has 0 aromatic heterocycles. The van der Waals surface area contributed by atoms with Crippen molar-refractivity contribution in [3.05, 3.63) is 53.6 Å². The van der Waals surface area contributed by atoms with Crippen LogP contribution >= 0.6 is 0 Å². The van der Waals surface area contributed by atoms with Gasteiger partial charge in [-0.25, -0.2) is 0 Å². The summed E-state index contributed by atoms with van der Waals surface area (Å²) in [4.78, 5) is 12.4. The van der Waals surface area contributed by atoms with Gasteiger partial charge in [-0.2, -0.15) is 0 Å². The summed E-state index contributed by atoms with van der Waals surface area (Å²) in [6.45, 7) is 4.83. The van der Waals surface area contributed by atoms with Crippen LogP contribution in [0.25, 0.3) is 6.08 Å². The molecule has 0 radical (unpaired) electrons. The van der Waals surface area contributed by atoms with Crippen LogP contribution in [0.5, 0.6) is 23.0 Å².